The maximum absolute atomic E-state index is 4.63. The fourth-order valence-electron chi connectivity index (χ4n) is 7.89. The molecule has 1 heteroatoms. The molecule has 2 aromatic rings. The maximum atomic E-state index is 4.63. The van der Waals surface area contributed by atoms with Gasteiger partial charge < -0.3 is 0 Å². The Balaban J connectivity index is 2.15. The molecular formula is C34H45Zr. The molecule has 0 N–H and O–H groups in total. The summed E-state index contributed by atoms with van der Waals surface area (Å²) >= 11 is -2.56. The number of benzene rings is 2. The Hall–Kier alpha value is -1.46. The second-order valence-corrected chi connectivity index (χ2v) is 19.8. The number of fused-ring (bicyclic) bond motifs is 2. The molecule has 0 saturated carbocycles. The van der Waals surface area contributed by atoms with Crippen LogP contribution in [-0.4, -0.2) is 0 Å². The summed E-state index contributed by atoms with van der Waals surface area (Å²) in [6.07, 6.45) is 0. The van der Waals surface area contributed by atoms with E-state index >= 15 is 0 Å². The molecule has 0 bridgehead atoms. The van der Waals surface area contributed by atoms with E-state index in [2.05, 4.69) is 107 Å². The summed E-state index contributed by atoms with van der Waals surface area (Å²) in [7, 11) is 0. The van der Waals surface area contributed by atoms with Gasteiger partial charge in [0.15, 0.2) is 0 Å². The normalized spacial score (nSPS) is 23.3. The van der Waals surface area contributed by atoms with Gasteiger partial charge in [-0.1, -0.05) is 0 Å². The molecule has 2 atom stereocenters. The third kappa shape index (κ3) is 3.00. The molecule has 0 aromatic heterocycles. The molecule has 2 aromatic carbocycles. The Kier molecular flexibility index (Phi) is 6.29. The molecule has 0 spiro atoms. The summed E-state index contributed by atoms with van der Waals surface area (Å²) in [6, 6.07) is 0. The van der Waals surface area contributed by atoms with E-state index in [1.165, 1.54) is 55.7 Å². The van der Waals surface area contributed by atoms with Crippen molar-refractivity contribution in [2.45, 2.75) is 103 Å². The predicted molar refractivity (Wildman–Crippen MR) is 152 cm³/mol. The topological polar surface area (TPSA) is 0 Å². The first-order valence-electron chi connectivity index (χ1n) is 13.2. The van der Waals surface area contributed by atoms with Crippen LogP contribution in [0.1, 0.15) is 108 Å². The molecule has 185 valence electrons. The molecule has 0 amide bonds. The summed E-state index contributed by atoms with van der Waals surface area (Å²) in [4.78, 5) is 0. The first-order chi connectivity index (χ1) is 16.1. The average molecular weight is 545 g/mol. The Morgan fingerprint density at radius 1 is 0.486 bits per heavy atom. The first kappa shape index (κ1) is 26.6. The van der Waals surface area contributed by atoms with Gasteiger partial charge in [-0.25, -0.2) is 0 Å². The summed E-state index contributed by atoms with van der Waals surface area (Å²) < 4.78 is 2.65. The standard InChI is InChI=1S/2C16H21.C2H3.Zr/c2*1-8-9(2)12(5)16-14(7)10(3)13(6)15(16)11(8)4;1-2;/h2*1-7H3;1H,2H2;. The molecule has 0 aliphatic heterocycles. The summed E-state index contributed by atoms with van der Waals surface area (Å²) in [5, 5.41) is 0. The zero-order chi connectivity index (χ0) is 26.5. The van der Waals surface area contributed by atoms with Crippen molar-refractivity contribution in [3.05, 3.63) is 88.3 Å². The number of hydrogen-bond acceptors (Lipinski definition) is 0. The minimum absolute atomic E-state index is 0.0771. The van der Waals surface area contributed by atoms with Crippen LogP contribution in [0.25, 0.3) is 11.1 Å². The minimum atomic E-state index is -2.56. The van der Waals surface area contributed by atoms with E-state index in [4.69, 9.17) is 0 Å². The van der Waals surface area contributed by atoms with Crippen molar-refractivity contribution in [3.8, 4) is 0 Å². The van der Waals surface area contributed by atoms with Gasteiger partial charge >= 0.3 is 224 Å². The van der Waals surface area contributed by atoms with Gasteiger partial charge in [-0.15, -0.1) is 0 Å². The molecule has 0 saturated heterocycles. The van der Waals surface area contributed by atoms with E-state index in [-0.39, 0.29) is 6.25 Å². The Morgan fingerprint density at radius 2 is 0.771 bits per heavy atom. The zero-order valence-corrected chi connectivity index (χ0v) is 27.2. The molecule has 0 nitrogen and oxygen atoms in total. The van der Waals surface area contributed by atoms with E-state index in [9.17, 15) is 0 Å². The third-order valence-electron chi connectivity index (χ3n) is 11.0. The third-order valence-corrected chi connectivity index (χ3v) is 20.4. The van der Waals surface area contributed by atoms with Crippen LogP contribution < -0.4 is 0 Å². The molecular weight excluding hydrogens is 500 g/mol. The van der Waals surface area contributed by atoms with E-state index in [1.807, 2.05) is 0 Å². The van der Waals surface area contributed by atoms with Crippen molar-refractivity contribution < 1.29 is 21.8 Å². The van der Waals surface area contributed by atoms with Crippen LogP contribution in [0.3, 0.4) is 0 Å². The quantitative estimate of drug-likeness (QED) is 0.361. The van der Waals surface area contributed by atoms with Gasteiger partial charge in [-0.2, -0.15) is 0 Å². The van der Waals surface area contributed by atoms with E-state index in [1.54, 1.807) is 33.4 Å². The van der Waals surface area contributed by atoms with Gasteiger partial charge in [-0.05, 0) is 0 Å². The molecule has 2 unspecified atom stereocenters. The summed E-state index contributed by atoms with van der Waals surface area (Å²) in [5.74, 6) is 0. The molecule has 0 heterocycles. The number of hydrogen-bond donors (Lipinski definition) is 0. The molecule has 4 rings (SSSR count). The second-order valence-electron chi connectivity index (χ2n) is 11.9. The SMILES string of the molecule is C=[CH][Zr]([C]1(C)C(C)=C(C)c2c(C)c(C)c(C)c(C)c21)[C]1(C)C(C)=C(C)c2c(C)c(C)c(C)c(C)c21. The van der Waals surface area contributed by atoms with E-state index in [0.29, 0.717) is 0 Å². The van der Waals surface area contributed by atoms with Crippen LogP contribution >= 0.6 is 0 Å². The molecule has 2 aliphatic rings. The van der Waals surface area contributed by atoms with Gasteiger partial charge in [0, 0.05) is 0 Å². The van der Waals surface area contributed by atoms with E-state index < -0.39 is 21.8 Å². The van der Waals surface area contributed by atoms with Crippen molar-refractivity contribution in [2.24, 2.45) is 0 Å². The van der Waals surface area contributed by atoms with Crippen LogP contribution in [0.4, 0.5) is 0 Å². The van der Waals surface area contributed by atoms with Gasteiger partial charge in [0.1, 0.15) is 0 Å². The fraction of sp³-hybridized carbons (Fsp3) is 0.471. The van der Waals surface area contributed by atoms with Crippen LogP contribution in [0.5, 0.6) is 0 Å². The van der Waals surface area contributed by atoms with Crippen LogP contribution in [0.15, 0.2) is 21.5 Å². The average Bonchev–Trinajstić information content (AvgIpc) is 3.14. The van der Waals surface area contributed by atoms with Crippen molar-refractivity contribution in [3.63, 3.8) is 0 Å². The molecule has 2 aliphatic carbocycles. The van der Waals surface area contributed by atoms with Gasteiger partial charge in [0.2, 0.25) is 0 Å². The van der Waals surface area contributed by atoms with E-state index in [0.717, 1.165) is 0 Å². The predicted octanol–water partition coefficient (Wildman–Crippen LogP) is 9.66. The van der Waals surface area contributed by atoms with Crippen molar-refractivity contribution in [2.75, 3.05) is 0 Å². The van der Waals surface area contributed by atoms with Crippen molar-refractivity contribution in [1.29, 1.82) is 0 Å². The van der Waals surface area contributed by atoms with Gasteiger partial charge in [0.05, 0.1) is 0 Å². The first-order valence-corrected chi connectivity index (χ1v) is 17.1. The summed E-state index contributed by atoms with van der Waals surface area (Å²) in [6.45, 7) is 38.2. The van der Waals surface area contributed by atoms with Gasteiger partial charge in [0.25, 0.3) is 0 Å². The van der Waals surface area contributed by atoms with Gasteiger partial charge in [-0.3, -0.25) is 0 Å². The van der Waals surface area contributed by atoms with Crippen LogP contribution in [-0.2, 0) is 28.0 Å². The van der Waals surface area contributed by atoms with Crippen molar-refractivity contribution in [1.82, 2.24) is 0 Å². The van der Waals surface area contributed by atoms with Crippen LogP contribution in [0.2, 0.25) is 0 Å². The molecule has 0 fully saturated rings. The Morgan fingerprint density at radius 3 is 1.06 bits per heavy atom. The fourth-order valence-corrected chi connectivity index (χ4v) is 18.1. The number of allylic oxidation sites excluding steroid dienone is 4. The second kappa shape index (κ2) is 8.28. The monoisotopic (exact) mass is 543 g/mol. The number of rotatable bonds is 3. The Bertz CT molecular complexity index is 1290. The Labute approximate surface area is 223 Å². The molecule has 35 heavy (non-hydrogen) atoms. The van der Waals surface area contributed by atoms with Crippen molar-refractivity contribution >= 4 is 11.1 Å². The zero-order valence-electron chi connectivity index (χ0n) is 24.8. The molecule has 0 radical (unpaired) electrons. The van der Waals surface area contributed by atoms with Crippen LogP contribution in [0, 0.1) is 55.4 Å². The summed E-state index contributed by atoms with van der Waals surface area (Å²) in [5.41, 5.74) is 24.4.